The normalized spacial score (nSPS) is 10.7. The van der Waals surface area contributed by atoms with E-state index in [0.717, 1.165) is 0 Å². The second-order valence-electron chi connectivity index (χ2n) is 4.98. The van der Waals surface area contributed by atoms with Gasteiger partial charge in [0.1, 0.15) is 5.82 Å². The number of thioether (sulfide) groups is 1. The maximum absolute atomic E-state index is 14.0. The summed E-state index contributed by atoms with van der Waals surface area (Å²) in [4.78, 5) is 15.0. The van der Waals surface area contributed by atoms with Crippen molar-refractivity contribution in [1.82, 2.24) is 19.7 Å². The van der Waals surface area contributed by atoms with E-state index in [0.29, 0.717) is 28.8 Å². The van der Waals surface area contributed by atoms with Gasteiger partial charge in [-0.3, -0.25) is 9.36 Å². The van der Waals surface area contributed by atoms with Crippen molar-refractivity contribution in [2.75, 3.05) is 5.75 Å². The van der Waals surface area contributed by atoms with E-state index in [4.69, 9.17) is 0 Å². The third kappa shape index (κ3) is 3.30. The molecule has 0 unspecified atom stereocenters. The molecule has 1 aromatic carbocycles. The van der Waals surface area contributed by atoms with Crippen LogP contribution < -0.4 is 0 Å². The highest BCUT2D eigenvalue weighted by Gasteiger charge is 2.17. The molecule has 3 rings (SSSR count). The summed E-state index contributed by atoms with van der Waals surface area (Å²) in [6.45, 7) is 4.14. The standard InChI is InChI=1S/C17H15FN4OS/c1-2-10-22-16(12-6-3-4-7-13(12)18)20-21-17(22)24-11-15(23)14-8-5-9-19-14/h2-9,19H,1,10-11H2. The lowest BCUT2D eigenvalue weighted by Gasteiger charge is -2.08. The SMILES string of the molecule is C=CCn1c(SCC(=O)c2ccc[nH]2)nnc1-c1ccccc1F. The van der Waals surface area contributed by atoms with E-state index in [2.05, 4.69) is 21.8 Å². The van der Waals surface area contributed by atoms with Gasteiger partial charge in [-0.25, -0.2) is 4.39 Å². The van der Waals surface area contributed by atoms with Crippen molar-refractivity contribution in [3.63, 3.8) is 0 Å². The number of carbonyl (C=O) groups is 1. The number of rotatable bonds is 7. The summed E-state index contributed by atoms with van der Waals surface area (Å²) in [5.41, 5.74) is 0.918. The molecule has 0 amide bonds. The highest BCUT2D eigenvalue weighted by atomic mass is 32.2. The first kappa shape index (κ1) is 16.2. The zero-order valence-corrected chi connectivity index (χ0v) is 13.6. The number of Topliss-reactive ketones (excluding diaryl/α,β-unsaturated/α-hetero) is 1. The van der Waals surface area contributed by atoms with Crippen LogP contribution in [0, 0.1) is 5.82 Å². The Kier molecular flexibility index (Phi) is 4.90. The minimum absolute atomic E-state index is 0.0365. The molecule has 0 spiro atoms. The lowest BCUT2D eigenvalue weighted by atomic mass is 10.2. The molecule has 0 saturated heterocycles. The minimum atomic E-state index is -0.366. The second kappa shape index (κ2) is 7.27. The molecular formula is C17H15FN4OS. The maximum atomic E-state index is 14.0. The third-order valence-corrected chi connectivity index (χ3v) is 4.34. The summed E-state index contributed by atoms with van der Waals surface area (Å²) in [6, 6.07) is 9.89. The first-order chi connectivity index (χ1) is 11.7. The number of hydrogen-bond acceptors (Lipinski definition) is 4. The molecule has 0 atom stereocenters. The van der Waals surface area contributed by atoms with Gasteiger partial charge in [-0.2, -0.15) is 0 Å². The maximum Gasteiger partial charge on any atom is 0.192 e. The van der Waals surface area contributed by atoms with Gasteiger partial charge >= 0.3 is 0 Å². The van der Waals surface area contributed by atoms with Gasteiger partial charge in [-0.15, -0.1) is 16.8 Å². The Hall–Kier alpha value is -2.67. The van der Waals surface area contributed by atoms with E-state index in [1.54, 1.807) is 47.2 Å². The summed E-state index contributed by atoms with van der Waals surface area (Å²) < 4.78 is 15.8. The van der Waals surface area contributed by atoms with Crippen LogP contribution in [0.2, 0.25) is 0 Å². The fourth-order valence-electron chi connectivity index (χ4n) is 2.24. The molecule has 5 nitrogen and oxygen atoms in total. The number of aromatic amines is 1. The van der Waals surface area contributed by atoms with Crippen LogP contribution in [0.4, 0.5) is 4.39 Å². The Bertz CT molecular complexity index is 857. The zero-order valence-electron chi connectivity index (χ0n) is 12.8. The summed E-state index contributed by atoms with van der Waals surface area (Å²) >= 11 is 1.26. The molecule has 1 N–H and O–H groups in total. The van der Waals surface area contributed by atoms with Crippen molar-refractivity contribution in [1.29, 1.82) is 0 Å². The molecule has 7 heteroatoms. The highest BCUT2D eigenvalue weighted by molar-refractivity contribution is 7.99. The van der Waals surface area contributed by atoms with Gasteiger partial charge in [0.15, 0.2) is 16.8 Å². The average Bonchev–Trinajstić information content (AvgIpc) is 3.24. The van der Waals surface area contributed by atoms with Crippen molar-refractivity contribution in [3.05, 3.63) is 66.8 Å². The number of hydrogen-bond donors (Lipinski definition) is 1. The van der Waals surface area contributed by atoms with Crippen LogP contribution in [-0.4, -0.2) is 31.3 Å². The summed E-state index contributed by atoms with van der Waals surface area (Å²) in [5.74, 6) is 0.232. The van der Waals surface area contributed by atoms with Crippen LogP contribution in [0.15, 0.2) is 60.4 Å². The largest absolute Gasteiger partial charge is 0.359 e. The first-order valence-corrected chi connectivity index (χ1v) is 8.27. The fraction of sp³-hybridized carbons (Fsp3) is 0.118. The van der Waals surface area contributed by atoms with E-state index in [-0.39, 0.29) is 17.4 Å². The van der Waals surface area contributed by atoms with Crippen LogP contribution in [0.1, 0.15) is 10.5 Å². The van der Waals surface area contributed by atoms with E-state index in [9.17, 15) is 9.18 Å². The van der Waals surface area contributed by atoms with Crippen molar-refractivity contribution in [2.24, 2.45) is 0 Å². The average molecular weight is 342 g/mol. The van der Waals surface area contributed by atoms with Crippen LogP contribution >= 0.6 is 11.8 Å². The lowest BCUT2D eigenvalue weighted by Crippen LogP contribution is -2.06. The van der Waals surface area contributed by atoms with Crippen LogP contribution in [0.3, 0.4) is 0 Å². The number of allylic oxidation sites excluding steroid dienone is 1. The van der Waals surface area contributed by atoms with Gasteiger partial charge in [0.05, 0.1) is 17.0 Å². The number of ketones is 1. The molecule has 0 aliphatic rings. The van der Waals surface area contributed by atoms with E-state index in [1.165, 1.54) is 17.8 Å². The topological polar surface area (TPSA) is 63.6 Å². The van der Waals surface area contributed by atoms with Crippen molar-refractivity contribution < 1.29 is 9.18 Å². The highest BCUT2D eigenvalue weighted by Crippen LogP contribution is 2.26. The van der Waals surface area contributed by atoms with Gasteiger partial charge in [0.25, 0.3) is 0 Å². The Labute approximate surface area is 142 Å². The molecule has 0 saturated carbocycles. The van der Waals surface area contributed by atoms with Crippen LogP contribution in [0.25, 0.3) is 11.4 Å². The predicted molar refractivity (Wildman–Crippen MR) is 91.5 cm³/mol. The summed E-state index contributed by atoms with van der Waals surface area (Å²) in [7, 11) is 0. The number of nitrogens with zero attached hydrogens (tertiary/aromatic N) is 3. The molecule has 2 aromatic heterocycles. The number of halogens is 1. The Morgan fingerprint density at radius 1 is 1.29 bits per heavy atom. The molecule has 0 bridgehead atoms. The van der Waals surface area contributed by atoms with Crippen molar-refractivity contribution in [3.8, 4) is 11.4 Å². The van der Waals surface area contributed by atoms with E-state index >= 15 is 0 Å². The number of H-pyrrole nitrogens is 1. The first-order valence-electron chi connectivity index (χ1n) is 7.29. The second-order valence-corrected chi connectivity index (χ2v) is 5.92. The van der Waals surface area contributed by atoms with Gasteiger partial charge < -0.3 is 4.98 Å². The molecule has 0 aliphatic heterocycles. The zero-order chi connectivity index (χ0) is 16.9. The lowest BCUT2D eigenvalue weighted by molar-refractivity contribution is 0.101. The number of aromatic nitrogens is 4. The predicted octanol–water partition coefficient (Wildman–Crippen LogP) is 3.57. The molecule has 0 fully saturated rings. The number of benzene rings is 1. The fourth-order valence-corrected chi connectivity index (χ4v) is 3.07. The Morgan fingerprint density at radius 3 is 2.83 bits per heavy atom. The quantitative estimate of drug-likeness (QED) is 0.405. The number of nitrogens with one attached hydrogen (secondary N) is 1. The third-order valence-electron chi connectivity index (χ3n) is 3.37. The Balaban J connectivity index is 1.85. The van der Waals surface area contributed by atoms with Gasteiger partial charge in [0.2, 0.25) is 0 Å². The van der Waals surface area contributed by atoms with Gasteiger partial charge in [-0.05, 0) is 24.3 Å². The van der Waals surface area contributed by atoms with E-state index in [1.807, 2.05) is 0 Å². The van der Waals surface area contributed by atoms with Crippen molar-refractivity contribution >= 4 is 17.5 Å². The monoisotopic (exact) mass is 342 g/mol. The molecule has 0 aliphatic carbocycles. The van der Waals surface area contributed by atoms with E-state index < -0.39 is 0 Å². The summed E-state index contributed by atoms with van der Waals surface area (Å²) in [6.07, 6.45) is 3.39. The van der Waals surface area contributed by atoms with Gasteiger partial charge in [0, 0.05) is 12.7 Å². The van der Waals surface area contributed by atoms with Crippen molar-refractivity contribution in [2.45, 2.75) is 11.7 Å². The molecule has 3 aromatic rings. The number of carbonyl (C=O) groups excluding carboxylic acids is 1. The van der Waals surface area contributed by atoms with Crippen LogP contribution in [0.5, 0.6) is 0 Å². The molecular weight excluding hydrogens is 327 g/mol. The minimum Gasteiger partial charge on any atom is -0.359 e. The van der Waals surface area contributed by atoms with Gasteiger partial charge in [-0.1, -0.05) is 30.0 Å². The smallest absolute Gasteiger partial charge is 0.192 e. The molecule has 122 valence electrons. The van der Waals surface area contributed by atoms with Crippen LogP contribution in [-0.2, 0) is 6.54 Å². The summed E-state index contributed by atoms with van der Waals surface area (Å²) in [5, 5.41) is 8.75. The molecule has 2 heterocycles. The Morgan fingerprint density at radius 2 is 2.12 bits per heavy atom. The molecule has 0 radical (unpaired) electrons. The molecule has 24 heavy (non-hydrogen) atoms.